The summed E-state index contributed by atoms with van der Waals surface area (Å²) >= 11 is 7.21. The molecule has 0 atom stereocenters. The fourth-order valence-corrected chi connectivity index (χ4v) is 2.28. The van der Waals surface area contributed by atoms with E-state index in [4.69, 9.17) is 11.6 Å². The molecule has 0 saturated carbocycles. The Morgan fingerprint density at radius 1 is 1.37 bits per heavy atom. The quantitative estimate of drug-likeness (QED) is 0.615. The molecule has 0 spiro atoms. The first-order valence-electron chi connectivity index (χ1n) is 5.74. The van der Waals surface area contributed by atoms with E-state index in [0.717, 1.165) is 0 Å². The lowest BCUT2D eigenvalue weighted by molar-refractivity contribution is 0.104. The smallest absolute Gasteiger partial charge is 0.230 e. The van der Waals surface area contributed by atoms with E-state index in [9.17, 15) is 4.79 Å². The lowest BCUT2D eigenvalue weighted by atomic mass is 10.1. The fourth-order valence-electron chi connectivity index (χ4n) is 1.36. The van der Waals surface area contributed by atoms with Crippen molar-refractivity contribution in [3.05, 3.63) is 45.9 Å². The molecule has 0 saturated heterocycles. The Morgan fingerprint density at radius 3 is 2.79 bits per heavy atom. The van der Waals surface area contributed by atoms with Gasteiger partial charge in [0.15, 0.2) is 0 Å². The van der Waals surface area contributed by atoms with Crippen LogP contribution in [0.5, 0.6) is 0 Å². The molecular formula is C13H12ClN3OS. The molecule has 1 aromatic carbocycles. The van der Waals surface area contributed by atoms with Gasteiger partial charge in [-0.1, -0.05) is 35.1 Å². The first-order chi connectivity index (χ1) is 9.08. The van der Waals surface area contributed by atoms with Gasteiger partial charge in [0.2, 0.25) is 10.9 Å². The Labute approximate surface area is 120 Å². The van der Waals surface area contributed by atoms with Gasteiger partial charge in [-0.2, -0.15) is 5.11 Å². The van der Waals surface area contributed by atoms with Crippen LogP contribution in [0, 0.1) is 0 Å². The van der Waals surface area contributed by atoms with Crippen molar-refractivity contribution in [3.8, 4) is 0 Å². The molecule has 1 aromatic heterocycles. The molecule has 0 N–H and O–H groups in total. The molecule has 0 aliphatic carbocycles. The van der Waals surface area contributed by atoms with Crippen molar-refractivity contribution in [2.24, 2.45) is 10.2 Å². The number of nitrogens with zero attached hydrogens (tertiary/aromatic N) is 3. The Bertz CT molecular complexity index is 622. The summed E-state index contributed by atoms with van der Waals surface area (Å²) in [5.41, 5.74) is 0.472. The van der Waals surface area contributed by atoms with Crippen LogP contribution in [0.1, 0.15) is 29.1 Å². The highest BCUT2D eigenvalue weighted by Crippen LogP contribution is 2.26. The number of ketones is 1. The molecule has 0 fully saturated rings. The number of hydrogen-bond donors (Lipinski definition) is 0. The second kappa shape index (κ2) is 6.04. The number of carbonyl (C=O) groups is 1. The van der Waals surface area contributed by atoms with Gasteiger partial charge in [-0.15, -0.1) is 5.11 Å². The third-order valence-corrected chi connectivity index (χ3v) is 3.42. The minimum Gasteiger partial charge on any atom is -0.288 e. The van der Waals surface area contributed by atoms with Gasteiger partial charge in [-0.25, -0.2) is 4.98 Å². The van der Waals surface area contributed by atoms with Crippen molar-refractivity contribution in [2.45, 2.75) is 19.9 Å². The van der Waals surface area contributed by atoms with Crippen LogP contribution in [0.4, 0.5) is 5.13 Å². The molecule has 19 heavy (non-hydrogen) atoms. The summed E-state index contributed by atoms with van der Waals surface area (Å²) in [5.74, 6) is -0.144. The fraction of sp³-hybridized carbons (Fsp3) is 0.231. The van der Waals surface area contributed by atoms with Crippen molar-refractivity contribution in [3.63, 3.8) is 0 Å². The summed E-state index contributed by atoms with van der Waals surface area (Å²) in [4.78, 5) is 16.8. The minimum absolute atomic E-state index is 0.103. The zero-order valence-electron chi connectivity index (χ0n) is 10.5. The SMILES string of the molecule is CC(C)/N=N/c1ncc(C(=O)c2ccccc2Cl)s1. The van der Waals surface area contributed by atoms with Crippen LogP contribution in [0.25, 0.3) is 0 Å². The molecule has 6 heteroatoms. The van der Waals surface area contributed by atoms with E-state index < -0.39 is 0 Å². The number of halogens is 1. The zero-order valence-corrected chi connectivity index (χ0v) is 12.1. The lowest BCUT2D eigenvalue weighted by Gasteiger charge is -1.99. The number of hydrogen-bond acceptors (Lipinski definition) is 5. The largest absolute Gasteiger partial charge is 0.288 e. The standard InChI is InChI=1S/C13H12ClN3OS/c1-8(2)16-17-13-15-7-11(19-13)12(18)9-5-3-4-6-10(9)14/h3-8H,1-2H3/b17-16+. The monoisotopic (exact) mass is 293 g/mol. The van der Waals surface area contributed by atoms with Crippen LogP contribution in [0.2, 0.25) is 5.02 Å². The highest BCUT2D eigenvalue weighted by Gasteiger charge is 2.15. The summed E-state index contributed by atoms with van der Waals surface area (Å²) in [6.45, 7) is 3.85. The van der Waals surface area contributed by atoms with E-state index >= 15 is 0 Å². The van der Waals surface area contributed by atoms with Gasteiger partial charge in [0.1, 0.15) is 0 Å². The molecular weight excluding hydrogens is 282 g/mol. The van der Waals surface area contributed by atoms with Gasteiger partial charge in [-0.3, -0.25) is 4.79 Å². The number of aromatic nitrogens is 1. The number of rotatable bonds is 4. The van der Waals surface area contributed by atoms with E-state index in [1.807, 2.05) is 13.8 Å². The molecule has 0 unspecified atom stereocenters. The summed E-state index contributed by atoms with van der Waals surface area (Å²) < 4.78 is 0. The van der Waals surface area contributed by atoms with Crippen molar-refractivity contribution >= 4 is 33.9 Å². The molecule has 1 heterocycles. The van der Waals surface area contributed by atoms with Crippen LogP contribution >= 0.6 is 22.9 Å². The molecule has 0 amide bonds. The van der Waals surface area contributed by atoms with Gasteiger partial charge < -0.3 is 0 Å². The topological polar surface area (TPSA) is 54.7 Å². The van der Waals surface area contributed by atoms with Crippen LogP contribution in [0.3, 0.4) is 0 Å². The first-order valence-corrected chi connectivity index (χ1v) is 6.93. The van der Waals surface area contributed by atoms with Crippen molar-refractivity contribution in [1.29, 1.82) is 0 Å². The Morgan fingerprint density at radius 2 is 2.11 bits per heavy atom. The highest BCUT2D eigenvalue weighted by molar-refractivity contribution is 7.17. The molecule has 4 nitrogen and oxygen atoms in total. The number of azo groups is 1. The third-order valence-electron chi connectivity index (χ3n) is 2.21. The maximum atomic E-state index is 12.2. The summed E-state index contributed by atoms with van der Waals surface area (Å²) in [7, 11) is 0. The first kappa shape index (κ1) is 13.8. The summed E-state index contributed by atoms with van der Waals surface area (Å²) in [5, 5.41) is 8.88. The van der Waals surface area contributed by atoms with E-state index in [2.05, 4.69) is 15.2 Å². The normalized spacial score (nSPS) is 11.4. The number of thiazole rings is 1. The molecule has 98 valence electrons. The molecule has 0 aliphatic heterocycles. The van der Waals surface area contributed by atoms with E-state index in [-0.39, 0.29) is 11.8 Å². The minimum atomic E-state index is -0.144. The van der Waals surface area contributed by atoms with Gasteiger partial charge >= 0.3 is 0 Å². The maximum absolute atomic E-state index is 12.2. The Hall–Kier alpha value is -1.59. The van der Waals surface area contributed by atoms with Crippen LogP contribution in [-0.2, 0) is 0 Å². The second-order valence-electron chi connectivity index (χ2n) is 4.13. The van der Waals surface area contributed by atoms with Crippen LogP contribution < -0.4 is 0 Å². The van der Waals surface area contributed by atoms with Crippen molar-refractivity contribution in [2.75, 3.05) is 0 Å². The van der Waals surface area contributed by atoms with Crippen LogP contribution in [-0.4, -0.2) is 16.8 Å². The van der Waals surface area contributed by atoms with Gasteiger partial charge in [-0.05, 0) is 26.0 Å². The number of benzene rings is 1. The average molecular weight is 294 g/mol. The van der Waals surface area contributed by atoms with Crippen molar-refractivity contribution in [1.82, 2.24) is 4.98 Å². The van der Waals surface area contributed by atoms with Gasteiger partial charge in [0.05, 0.1) is 22.1 Å². The molecule has 2 rings (SSSR count). The molecule has 0 bridgehead atoms. The summed E-state index contributed by atoms with van der Waals surface area (Å²) in [6.07, 6.45) is 1.50. The van der Waals surface area contributed by atoms with Gasteiger partial charge in [0.25, 0.3) is 0 Å². The average Bonchev–Trinajstić information content (AvgIpc) is 2.85. The van der Waals surface area contributed by atoms with E-state index in [1.165, 1.54) is 17.5 Å². The number of carbonyl (C=O) groups excluding carboxylic acids is 1. The molecule has 2 aromatic rings. The molecule has 0 aliphatic rings. The second-order valence-corrected chi connectivity index (χ2v) is 5.54. The predicted molar refractivity (Wildman–Crippen MR) is 76.7 cm³/mol. The van der Waals surface area contributed by atoms with E-state index in [1.54, 1.807) is 24.3 Å². The predicted octanol–water partition coefficient (Wildman–Crippen LogP) is 4.52. The Kier molecular flexibility index (Phi) is 4.39. The third kappa shape index (κ3) is 3.45. The molecule has 0 radical (unpaired) electrons. The lowest BCUT2D eigenvalue weighted by Crippen LogP contribution is -1.98. The van der Waals surface area contributed by atoms with E-state index in [0.29, 0.717) is 20.6 Å². The summed E-state index contributed by atoms with van der Waals surface area (Å²) in [6, 6.07) is 7.05. The Balaban J connectivity index is 2.24. The highest BCUT2D eigenvalue weighted by atomic mass is 35.5. The van der Waals surface area contributed by atoms with Gasteiger partial charge in [0, 0.05) is 5.56 Å². The maximum Gasteiger partial charge on any atom is 0.230 e. The van der Waals surface area contributed by atoms with Crippen LogP contribution in [0.15, 0.2) is 40.7 Å². The van der Waals surface area contributed by atoms with Crippen molar-refractivity contribution < 1.29 is 4.79 Å². The zero-order chi connectivity index (χ0) is 13.8.